The molecule has 0 spiro atoms. The van der Waals surface area contributed by atoms with Crippen LogP contribution in [0.2, 0.25) is 0 Å². The van der Waals surface area contributed by atoms with E-state index < -0.39 is 0 Å². The first kappa shape index (κ1) is 10.7. The Morgan fingerprint density at radius 1 is 1.31 bits per heavy atom. The molecule has 0 unspecified atom stereocenters. The van der Waals surface area contributed by atoms with E-state index in [4.69, 9.17) is 9.88 Å². The summed E-state index contributed by atoms with van der Waals surface area (Å²) in [6.45, 7) is 9.82. The van der Waals surface area contributed by atoms with Gasteiger partial charge in [0.25, 0.3) is 5.69 Å². The van der Waals surface area contributed by atoms with Crippen LogP contribution in [0.5, 0.6) is 0 Å². The van der Waals surface area contributed by atoms with Crippen molar-refractivity contribution in [3.05, 3.63) is 42.7 Å². The third-order valence-corrected chi connectivity index (χ3v) is 3.19. The lowest BCUT2D eigenvalue weighted by atomic mass is 9.82. The molecule has 0 bridgehead atoms. The van der Waals surface area contributed by atoms with Gasteiger partial charge in [-0.2, -0.15) is 0 Å². The molecule has 2 rings (SSSR count). The van der Waals surface area contributed by atoms with Crippen LogP contribution in [0.4, 0.5) is 5.69 Å². The molecular weight excluding hydrogens is 202 g/mol. The van der Waals surface area contributed by atoms with E-state index in [2.05, 4.69) is 26.5 Å². The molecule has 1 aliphatic heterocycles. The normalized spacial score (nSPS) is 16.9. The van der Waals surface area contributed by atoms with E-state index in [1.807, 2.05) is 25.1 Å². The van der Waals surface area contributed by atoms with Crippen molar-refractivity contribution < 1.29 is 14.6 Å². The lowest BCUT2D eigenvalue weighted by molar-refractivity contribution is -0.818. The minimum absolute atomic E-state index is 0.0406. The van der Waals surface area contributed by atoms with Crippen LogP contribution in [-0.4, -0.2) is 10.5 Å². The highest BCUT2D eigenvalue weighted by molar-refractivity contribution is 5.92. The first-order valence-electron chi connectivity index (χ1n) is 5.27. The van der Waals surface area contributed by atoms with Crippen molar-refractivity contribution in [3.63, 3.8) is 0 Å². The SMILES string of the molecule is C=COO[N+]1=C(C)C(C)(C)c2ccccc21. The molecule has 1 aromatic carbocycles. The molecule has 1 aromatic rings. The van der Waals surface area contributed by atoms with E-state index >= 15 is 0 Å². The Hall–Kier alpha value is -1.77. The minimum Gasteiger partial charge on any atom is -0.243 e. The first-order valence-corrected chi connectivity index (χ1v) is 5.27. The van der Waals surface area contributed by atoms with E-state index in [1.54, 1.807) is 4.74 Å². The van der Waals surface area contributed by atoms with Crippen molar-refractivity contribution in [2.75, 3.05) is 0 Å². The second-order valence-corrected chi connectivity index (χ2v) is 4.36. The molecule has 3 nitrogen and oxygen atoms in total. The summed E-state index contributed by atoms with van der Waals surface area (Å²) in [6.07, 6.45) is 1.27. The third kappa shape index (κ3) is 1.40. The van der Waals surface area contributed by atoms with Gasteiger partial charge in [0, 0.05) is 18.6 Å². The molecule has 0 aliphatic carbocycles. The summed E-state index contributed by atoms with van der Waals surface area (Å²) in [5.74, 6) is 0. The fraction of sp³-hybridized carbons (Fsp3) is 0.308. The van der Waals surface area contributed by atoms with Crippen molar-refractivity contribution in [1.29, 1.82) is 0 Å². The molecule has 0 radical (unpaired) electrons. The Morgan fingerprint density at radius 3 is 2.69 bits per heavy atom. The average molecular weight is 218 g/mol. The molecule has 0 saturated carbocycles. The molecule has 16 heavy (non-hydrogen) atoms. The van der Waals surface area contributed by atoms with Crippen molar-refractivity contribution in [2.45, 2.75) is 26.2 Å². The van der Waals surface area contributed by atoms with Gasteiger partial charge in [0.15, 0.2) is 0 Å². The maximum absolute atomic E-state index is 5.20. The zero-order valence-corrected chi connectivity index (χ0v) is 9.86. The second-order valence-electron chi connectivity index (χ2n) is 4.36. The number of para-hydroxylation sites is 1. The highest BCUT2D eigenvalue weighted by atomic mass is 17.3. The average Bonchev–Trinajstić information content (AvgIpc) is 2.47. The highest BCUT2D eigenvalue weighted by Gasteiger charge is 2.45. The van der Waals surface area contributed by atoms with E-state index in [-0.39, 0.29) is 5.41 Å². The quantitative estimate of drug-likeness (QED) is 0.336. The number of hydrogen-bond acceptors (Lipinski definition) is 2. The van der Waals surface area contributed by atoms with Crippen molar-refractivity contribution >= 4 is 11.4 Å². The van der Waals surface area contributed by atoms with Gasteiger partial charge in [-0.15, -0.1) is 0 Å². The Kier molecular flexibility index (Phi) is 2.46. The van der Waals surface area contributed by atoms with Crippen LogP contribution in [0.1, 0.15) is 26.3 Å². The van der Waals surface area contributed by atoms with Gasteiger partial charge in [-0.25, -0.2) is 4.89 Å². The van der Waals surface area contributed by atoms with Gasteiger partial charge in [0.2, 0.25) is 5.71 Å². The van der Waals surface area contributed by atoms with Gasteiger partial charge in [0.05, 0.1) is 10.2 Å². The number of benzene rings is 1. The van der Waals surface area contributed by atoms with Gasteiger partial charge in [-0.05, 0) is 18.8 Å². The smallest absolute Gasteiger partial charge is 0.243 e. The fourth-order valence-electron chi connectivity index (χ4n) is 1.98. The summed E-state index contributed by atoms with van der Waals surface area (Å²) < 4.78 is 1.71. The van der Waals surface area contributed by atoms with E-state index in [0.29, 0.717) is 0 Å². The van der Waals surface area contributed by atoms with Crippen molar-refractivity contribution in [2.24, 2.45) is 0 Å². The number of nitrogens with zero attached hydrogens (tertiary/aromatic N) is 1. The van der Waals surface area contributed by atoms with Crippen LogP contribution in [0.3, 0.4) is 0 Å². The molecule has 84 valence electrons. The molecule has 0 saturated heterocycles. The van der Waals surface area contributed by atoms with Crippen LogP contribution < -0.4 is 0 Å². The predicted molar refractivity (Wildman–Crippen MR) is 62.4 cm³/mol. The maximum Gasteiger partial charge on any atom is 0.266 e. The molecule has 0 atom stereocenters. The monoisotopic (exact) mass is 218 g/mol. The van der Waals surface area contributed by atoms with Gasteiger partial charge in [0.1, 0.15) is 6.26 Å². The maximum atomic E-state index is 5.20. The first-order chi connectivity index (χ1) is 7.59. The lowest BCUT2D eigenvalue weighted by Crippen LogP contribution is -2.26. The number of fused-ring (bicyclic) bond motifs is 1. The van der Waals surface area contributed by atoms with Crippen molar-refractivity contribution in [1.82, 2.24) is 0 Å². The zero-order chi connectivity index (χ0) is 11.8. The largest absolute Gasteiger partial charge is 0.266 e. The van der Waals surface area contributed by atoms with E-state index in [0.717, 1.165) is 11.4 Å². The van der Waals surface area contributed by atoms with Crippen LogP contribution in [0.15, 0.2) is 37.1 Å². The summed E-state index contributed by atoms with van der Waals surface area (Å²) >= 11 is 0. The van der Waals surface area contributed by atoms with Gasteiger partial charge >= 0.3 is 0 Å². The third-order valence-electron chi connectivity index (χ3n) is 3.19. The summed E-state index contributed by atoms with van der Waals surface area (Å²) in [7, 11) is 0. The molecule has 1 aliphatic rings. The minimum atomic E-state index is -0.0406. The molecule has 0 aromatic heterocycles. The highest BCUT2D eigenvalue weighted by Crippen LogP contribution is 2.39. The molecule has 0 amide bonds. The molecule has 1 heterocycles. The summed E-state index contributed by atoms with van der Waals surface area (Å²) in [4.78, 5) is 10.0. The van der Waals surface area contributed by atoms with Crippen LogP contribution in [0, 0.1) is 0 Å². The fourth-order valence-corrected chi connectivity index (χ4v) is 1.98. The van der Waals surface area contributed by atoms with Crippen LogP contribution >= 0.6 is 0 Å². The Bertz CT molecular complexity index is 461. The van der Waals surface area contributed by atoms with Gasteiger partial charge in [-0.1, -0.05) is 24.8 Å². The molecule has 0 N–H and O–H groups in total. The standard InChI is InChI=1S/C13H16NO2/c1-5-15-16-14-10(2)13(3,4)11-8-6-7-9-12(11)14/h5-9H,1H2,2-4H3/q+1. The van der Waals surface area contributed by atoms with Crippen LogP contribution in [0.25, 0.3) is 0 Å². The number of rotatable bonds is 3. The summed E-state index contributed by atoms with van der Waals surface area (Å²) in [5.41, 5.74) is 3.31. The van der Waals surface area contributed by atoms with Crippen molar-refractivity contribution in [3.8, 4) is 0 Å². The number of hydrogen-bond donors (Lipinski definition) is 0. The van der Waals surface area contributed by atoms with E-state index in [1.165, 1.54) is 11.8 Å². The molecule has 0 fully saturated rings. The molecular formula is C13H16NO2+. The summed E-state index contributed by atoms with van der Waals surface area (Å²) in [5, 5.41) is 0. The lowest BCUT2D eigenvalue weighted by Gasteiger charge is -2.13. The van der Waals surface area contributed by atoms with Gasteiger partial charge < -0.3 is 0 Å². The van der Waals surface area contributed by atoms with E-state index in [9.17, 15) is 0 Å². The predicted octanol–water partition coefficient (Wildman–Crippen LogP) is 3.09. The Balaban J connectivity index is 2.51. The second kappa shape index (κ2) is 3.67. The Morgan fingerprint density at radius 2 is 2.00 bits per heavy atom. The summed E-state index contributed by atoms with van der Waals surface area (Å²) in [6, 6.07) is 8.14. The van der Waals surface area contributed by atoms with Crippen LogP contribution in [-0.2, 0) is 15.3 Å². The Labute approximate surface area is 95.5 Å². The molecule has 3 heteroatoms. The zero-order valence-electron chi connectivity index (χ0n) is 9.86. The van der Waals surface area contributed by atoms with Gasteiger partial charge in [-0.3, -0.25) is 0 Å². The topological polar surface area (TPSA) is 21.5 Å².